The fraction of sp³-hybridized carbons (Fsp3) is 0.167. The number of rotatable bonds is 4. The number of fused-ring (bicyclic) bond motifs is 1. The number of halogens is 2. The summed E-state index contributed by atoms with van der Waals surface area (Å²) in [5, 5.41) is 12.0. The van der Waals surface area contributed by atoms with Crippen LogP contribution in [0.4, 0.5) is 5.69 Å². The van der Waals surface area contributed by atoms with Crippen molar-refractivity contribution in [2.45, 2.75) is 13.8 Å². The molecule has 9 heteroatoms. The van der Waals surface area contributed by atoms with Gasteiger partial charge in [-0.05, 0) is 47.5 Å². The van der Waals surface area contributed by atoms with E-state index in [4.69, 9.17) is 16.3 Å². The molecule has 0 fully saturated rings. The molecule has 140 valence electrons. The Morgan fingerprint density at radius 3 is 2.63 bits per heavy atom. The molecule has 0 radical (unpaired) electrons. The van der Waals surface area contributed by atoms with Gasteiger partial charge in [0.2, 0.25) is 0 Å². The molecular weight excluding hydrogens is 438 g/mol. The molecule has 3 aromatic rings. The Hall–Kier alpha value is -2.58. The molecule has 0 aliphatic carbocycles. The summed E-state index contributed by atoms with van der Waals surface area (Å²) in [4.78, 5) is 28.6. The maximum atomic E-state index is 12.9. The zero-order valence-corrected chi connectivity index (χ0v) is 17.0. The second-order valence-corrected chi connectivity index (χ2v) is 7.16. The largest absolute Gasteiger partial charge is 0.496 e. The van der Waals surface area contributed by atoms with Crippen LogP contribution in [0.2, 0.25) is 5.02 Å². The third-order valence-corrected chi connectivity index (χ3v) is 4.87. The monoisotopic (exact) mass is 451 g/mol. The Balaban J connectivity index is 2.05. The molecule has 0 aliphatic heterocycles. The normalized spacial score (nSPS) is 10.9. The molecule has 2 N–H and O–H groups in total. The van der Waals surface area contributed by atoms with Crippen molar-refractivity contribution >= 4 is 50.7 Å². The Bertz CT molecular complexity index is 1090. The maximum Gasteiger partial charge on any atom is 0.339 e. The number of nitrogens with zero attached hydrogens (tertiary/aromatic N) is 2. The van der Waals surface area contributed by atoms with Gasteiger partial charge in [-0.3, -0.25) is 9.20 Å². The van der Waals surface area contributed by atoms with Gasteiger partial charge in [0.25, 0.3) is 5.91 Å². The highest BCUT2D eigenvalue weighted by Crippen LogP contribution is 2.32. The van der Waals surface area contributed by atoms with E-state index in [1.54, 1.807) is 11.3 Å². The first-order chi connectivity index (χ1) is 12.7. The number of carbonyl (C=O) groups is 2. The lowest BCUT2D eigenvalue weighted by atomic mass is 10.1. The van der Waals surface area contributed by atoms with Gasteiger partial charge in [0.15, 0.2) is 5.65 Å². The van der Waals surface area contributed by atoms with Crippen molar-refractivity contribution in [2.24, 2.45) is 0 Å². The number of carbonyl (C=O) groups excluding carboxylic acids is 1. The van der Waals surface area contributed by atoms with E-state index in [0.29, 0.717) is 17.0 Å². The number of hydrogen-bond acceptors (Lipinski definition) is 4. The van der Waals surface area contributed by atoms with Crippen molar-refractivity contribution in [3.63, 3.8) is 0 Å². The highest BCUT2D eigenvalue weighted by Gasteiger charge is 2.21. The van der Waals surface area contributed by atoms with E-state index >= 15 is 0 Å². The number of aryl methyl sites for hydroxylation is 2. The van der Waals surface area contributed by atoms with Crippen LogP contribution in [0.1, 0.15) is 32.1 Å². The lowest BCUT2D eigenvalue weighted by molar-refractivity contribution is 0.0693. The van der Waals surface area contributed by atoms with Crippen LogP contribution >= 0.6 is 27.5 Å². The zero-order valence-electron chi connectivity index (χ0n) is 14.6. The number of benzene rings is 1. The highest BCUT2D eigenvalue weighted by atomic mass is 79.9. The molecule has 7 nitrogen and oxygen atoms in total. The predicted octanol–water partition coefficient (Wildman–Crippen LogP) is 4.33. The van der Waals surface area contributed by atoms with E-state index in [2.05, 4.69) is 26.2 Å². The summed E-state index contributed by atoms with van der Waals surface area (Å²) in [6.07, 6.45) is 1.81. The van der Waals surface area contributed by atoms with E-state index in [-0.39, 0.29) is 22.0 Å². The minimum atomic E-state index is -1.18. The van der Waals surface area contributed by atoms with E-state index in [9.17, 15) is 14.7 Å². The molecule has 0 aliphatic rings. The molecule has 2 heterocycles. The maximum absolute atomic E-state index is 12.9. The quantitative estimate of drug-likeness (QED) is 0.615. The minimum absolute atomic E-state index is 0.0883. The average Bonchev–Trinajstić information content (AvgIpc) is 2.92. The van der Waals surface area contributed by atoms with Crippen LogP contribution < -0.4 is 10.1 Å². The van der Waals surface area contributed by atoms with Gasteiger partial charge in [-0.25, -0.2) is 9.78 Å². The number of carboxylic acid groups (broad SMARTS) is 1. The van der Waals surface area contributed by atoms with Crippen LogP contribution in [0.3, 0.4) is 0 Å². The lowest BCUT2D eigenvalue weighted by Crippen LogP contribution is -2.16. The number of nitrogens with one attached hydrogen (secondary N) is 1. The van der Waals surface area contributed by atoms with Crippen molar-refractivity contribution < 1.29 is 19.4 Å². The summed E-state index contributed by atoms with van der Waals surface area (Å²) >= 11 is 9.61. The molecule has 1 aromatic carbocycles. The average molecular weight is 453 g/mol. The SMILES string of the molecule is COc1cc(NC(=O)c2c(C)nc3c(Br)cc(C)cn23)c(Cl)cc1C(=O)O. The Morgan fingerprint density at radius 2 is 2.00 bits per heavy atom. The Kier molecular flexibility index (Phi) is 5.12. The molecule has 0 bridgehead atoms. The van der Waals surface area contributed by atoms with Gasteiger partial charge in [-0.2, -0.15) is 0 Å². The van der Waals surface area contributed by atoms with E-state index < -0.39 is 11.9 Å². The van der Waals surface area contributed by atoms with Gasteiger partial charge in [-0.15, -0.1) is 0 Å². The van der Waals surface area contributed by atoms with Crippen LogP contribution in [0.5, 0.6) is 5.75 Å². The van der Waals surface area contributed by atoms with E-state index in [1.807, 2.05) is 19.2 Å². The summed E-state index contributed by atoms with van der Waals surface area (Å²) in [5.41, 5.74) is 2.62. The Morgan fingerprint density at radius 1 is 1.30 bits per heavy atom. The summed E-state index contributed by atoms with van der Waals surface area (Å²) in [6, 6.07) is 4.53. The van der Waals surface area contributed by atoms with Crippen molar-refractivity contribution in [1.29, 1.82) is 0 Å². The van der Waals surface area contributed by atoms with Crippen molar-refractivity contribution in [2.75, 3.05) is 12.4 Å². The van der Waals surface area contributed by atoms with Crippen LogP contribution in [0.25, 0.3) is 5.65 Å². The molecule has 0 saturated carbocycles. The van der Waals surface area contributed by atoms with Gasteiger partial charge >= 0.3 is 5.97 Å². The molecule has 0 atom stereocenters. The summed E-state index contributed by atoms with van der Waals surface area (Å²) in [6.45, 7) is 3.65. The number of amides is 1. The van der Waals surface area contributed by atoms with Crippen molar-refractivity contribution in [3.05, 3.63) is 56.4 Å². The summed E-state index contributed by atoms with van der Waals surface area (Å²) < 4.78 is 7.55. The molecule has 0 saturated heterocycles. The number of anilines is 1. The number of aromatic carboxylic acids is 1. The standard InChI is InChI=1S/C18H15BrClN3O4/c1-8-4-11(19)16-21-9(2)15(23(16)7-8)17(24)22-13-6-14(27-3)10(18(25)26)5-12(13)20/h4-7H,1-3H3,(H,22,24)(H,25,26). The number of ether oxygens (including phenoxy) is 1. The number of imidazole rings is 1. The predicted molar refractivity (Wildman–Crippen MR) is 105 cm³/mol. The first-order valence-electron chi connectivity index (χ1n) is 7.80. The van der Waals surface area contributed by atoms with E-state index in [0.717, 1.165) is 10.0 Å². The molecule has 0 spiro atoms. The molecule has 1 amide bonds. The number of methoxy groups -OCH3 is 1. The second-order valence-electron chi connectivity index (χ2n) is 5.90. The molecule has 27 heavy (non-hydrogen) atoms. The summed E-state index contributed by atoms with van der Waals surface area (Å²) in [7, 11) is 1.34. The smallest absolute Gasteiger partial charge is 0.339 e. The van der Waals surface area contributed by atoms with Gasteiger partial charge in [0.1, 0.15) is 17.0 Å². The fourth-order valence-corrected chi connectivity index (χ4v) is 3.64. The number of aromatic nitrogens is 2. The Labute approximate surface area is 168 Å². The van der Waals surface area contributed by atoms with Crippen LogP contribution in [0.15, 0.2) is 28.9 Å². The topological polar surface area (TPSA) is 92.9 Å². The second kappa shape index (κ2) is 7.21. The first-order valence-corrected chi connectivity index (χ1v) is 8.97. The molecule has 3 rings (SSSR count). The third-order valence-electron chi connectivity index (χ3n) is 3.97. The minimum Gasteiger partial charge on any atom is -0.496 e. The van der Waals surface area contributed by atoms with Crippen LogP contribution in [-0.4, -0.2) is 33.5 Å². The first kappa shape index (κ1) is 19.2. The van der Waals surface area contributed by atoms with Gasteiger partial charge < -0.3 is 15.2 Å². The highest BCUT2D eigenvalue weighted by molar-refractivity contribution is 9.10. The lowest BCUT2D eigenvalue weighted by Gasteiger charge is -2.12. The molecule has 0 unspecified atom stereocenters. The van der Waals surface area contributed by atoms with Crippen LogP contribution in [0, 0.1) is 13.8 Å². The van der Waals surface area contributed by atoms with E-state index in [1.165, 1.54) is 19.2 Å². The van der Waals surface area contributed by atoms with Crippen molar-refractivity contribution in [3.8, 4) is 5.75 Å². The number of carboxylic acids is 1. The van der Waals surface area contributed by atoms with Gasteiger partial charge in [0, 0.05) is 12.3 Å². The number of hydrogen-bond donors (Lipinski definition) is 2. The third kappa shape index (κ3) is 3.50. The fourth-order valence-electron chi connectivity index (χ4n) is 2.79. The van der Waals surface area contributed by atoms with Gasteiger partial charge in [-0.1, -0.05) is 11.6 Å². The summed E-state index contributed by atoms with van der Waals surface area (Å²) in [5.74, 6) is -1.51. The number of pyridine rings is 1. The van der Waals surface area contributed by atoms with Gasteiger partial charge in [0.05, 0.1) is 28.0 Å². The zero-order chi connectivity index (χ0) is 19.9. The molecule has 2 aromatic heterocycles. The van der Waals surface area contributed by atoms with Crippen molar-refractivity contribution in [1.82, 2.24) is 9.38 Å². The molecular formula is C18H15BrClN3O4. The van der Waals surface area contributed by atoms with Crippen LogP contribution in [-0.2, 0) is 0 Å².